The van der Waals surface area contributed by atoms with E-state index in [2.05, 4.69) is 41.9 Å². The van der Waals surface area contributed by atoms with Gasteiger partial charge in [-0.15, -0.1) is 0 Å². The molecule has 0 aliphatic heterocycles. The summed E-state index contributed by atoms with van der Waals surface area (Å²) >= 11 is 0. The van der Waals surface area contributed by atoms with E-state index in [-0.39, 0.29) is 5.78 Å². The molecule has 0 spiro atoms. The highest BCUT2D eigenvalue weighted by Gasteiger charge is 2.32. The number of Topliss-reactive ketones (excluding diaryl/α,β-unsaturated/α-hetero) is 1. The Balaban J connectivity index is 2.61. The van der Waals surface area contributed by atoms with Gasteiger partial charge in [0.15, 0.2) is 5.78 Å². The molecule has 94 valence electrons. The smallest absolute Gasteiger partial charge is 0.161 e. The van der Waals surface area contributed by atoms with Crippen LogP contribution in [0.15, 0.2) is 42.6 Å². The fourth-order valence-corrected chi connectivity index (χ4v) is 5.77. The lowest BCUT2D eigenvalue weighted by Gasteiger charge is -2.25. The van der Waals surface area contributed by atoms with Crippen LogP contribution in [0.4, 0.5) is 0 Å². The lowest BCUT2D eigenvalue weighted by Crippen LogP contribution is -2.56. The first kappa shape index (κ1) is 12.8. The quantitative estimate of drug-likeness (QED) is 0.609. The second-order valence-electron chi connectivity index (χ2n) is 5.24. The van der Waals surface area contributed by atoms with Gasteiger partial charge in [-0.25, -0.2) is 0 Å². The zero-order valence-electron chi connectivity index (χ0n) is 11.4. The van der Waals surface area contributed by atoms with Gasteiger partial charge >= 0.3 is 0 Å². The number of aromatic nitrogens is 1. The molecule has 0 saturated carbocycles. The van der Waals surface area contributed by atoms with E-state index in [1.165, 1.54) is 10.5 Å². The first-order valence-electron chi connectivity index (χ1n) is 6.17. The second kappa shape index (κ2) is 4.57. The molecular formula is C15H19NOSi. The van der Waals surface area contributed by atoms with Gasteiger partial charge in [0.05, 0.1) is 0 Å². The molecule has 0 atom stereocenters. The van der Waals surface area contributed by atoms with Gasteiger partial charge in [0.2, 0.25) is 0 Å². The summed E-state index contributed by atoms with van der Waals surface area (Å²) < 4.78 is 2.11. The van der Waals surface area contributed by atoms with E-state index < -0.39 is 8.07 Å². The third-order valence-corrected chi connectivity index (χ3v) is 7.12. The van der Waals surface area contributed by atoms with Crippen LogP contribution in [0.5, 0.6) is 0 Å². The van der Waals surface area contributed by atoms with Crippen molar-refractivity contribution in [2.45, 2.75) is 20.0 Å². The van der Waals surface area contributed by atoms with Gasteiger partial charge in [0.25, 0.3) is 0 Å². The van der Waals surface area contributed by atoms with Crippen LogP contribution >= 0.6 is 0 Å². The number of carbonyl (C=O) groups excluding carboxylic acids is 1. The van der Waals surface area contributed by atoms with Crippen LogP contribution in [0.3, 0.4) is 0 Å². The van der Waals surface area contributed by atoms with Crippen LogP contribution in [0.2, 0.25) is 13.1 Å². The maximum Gasteiger partial charge on any atom is 0.161 e. The van der Waals surface area contributed by atoms with Crippen molar-refractivity contribution >= 4 is 24.4 Å². The highest BCUT2D eigenvalue weighted by molar-refractivity contribution is 7.00. The fraction of sp³-hybridized carbons (Fsp3) is 0.267. The van der Waals surface area contributed by atoms with E-state index in [1.807, 2.05) is 25.4 Å². The maximum absolute atomic E-state index is 11.8. The molecule has 1 aromatic carbocycles. The van der Waals surface area contributed by atoms with Gasteiger partial charge in [-0.3, -0.25) is 4.79 Å². The summed E-state index contributed by atoms with van der Waals surface area (Å²) in [5.41, 5.74) is 0.873. The molecule has 2 aromatic rings. The molecular weight excluding hydrogens is 238 g/mol. The molecule has 3 heteroatoms. The third-order valence-electron chi connectivity index (χ3n) is 3.54. The third kappa shape index (κ3) is 2.06. The molecule has 0 bridgehead atoms. The van der Waals surface area contributed by atoms with Gasteiger partial charge in [0, 0.05) is 24.1 Å². The SMILES string of the molecule is CC(=O)c1ccn(C)c1[Si](C)(C)c1ccccc1. The highest BCUT2D eigenvalue weighted by atomic mass is 28.3. The standard InChI is InChI=1S/C15H19NOSi/c1-12(17)14-10-11-16(2)15(14)18(3,4)13-8-6-5-7-9-13/h5-11H,1-4H3. The largest absolute Gasteiger partial charge is 0.357 e. The van der Waals surface area contributed by atoms with Crippen LogP contribution in [-0.2, 0) is 7.05 Å². The molecule has 0 saturated heterocycles. The van der Waals surface area contributed by atoms with E-state index >= 15 is 0 Å². The van der Waals surface area contributed by atoms with E-state index in [1.54, 1.807) is 6.92 Å². The summed E-state index contributed by atoms with van der Waals surface area (Å²) in [5, 5.41) is 2.57. The van der Waals surface area contributed by atoms with E-state index in [0.717, 1.165) is 5.56 Å². The molecule has 2 nitrogen and oxygen atoms in total. The average molecular weight is 257 g/mol. The zero-order chi connectivity index (χ0) is 13.3. The number of nitrogens with zero attached hydrogens (tertiary/aromatic N) is 1. The Morgan fingerprint density at radius 1 is 1.11 bits per heavy atom. The summed E-state index contributed by atoms with van der Waals surface area (Å²) in [7, 11) is 0.214. The van der Waals surface area contributed by atoms with Crippen molar-refractivity contribution in [3.8, 4) is 0 Å². The van der Waals surface area contributed by atoms with Gasteiger partial charge in [-0.05, 0) is 13.0 Å². The molecule has 0 unspecified atom stereocenters. The number of aryl methyl sites for hydroxylation is 1. The van der Waals surface area contributed by atoms with Crippen molar-refractivity contribution < 1.29 is 4.79 Å². The van der Waals surface area contributed by atoms with E-state index in [0.29, 0.717) is 0 Å². The molecule has 0 aliphatic carbocycles. The van der Waals surface area contributed by atoms with E-state index in [9.17, 15) is 4.79 Å². The molecule has 0 N–H and O–H groups in total. The van der Waals surface area contributed by atoms with Gasteiger partial charge < -0.3 is 4.57 Å². The van der Waals surface area contributed by atoms with Crippen LogP contribution < -0.4 is 10.5 Å². The Morgan fingerprint density at radius 3 is 2.28 bits per heavy atom. The first-order valence-corrected chi connectivity index (χ1v) is 9.17. The number of hydrogen-bond acceptors (Lipinski definition) is 1. The minimum Gasteiger partial charge on any atom is -0.357 e. The summed E-state index contributed by atoms with van der Waals surface area (Å²) in [6, 6.07) is 12.5. The number of rotatable bonds is 3. The van der Waals surface area contributed by atoms with Crippen molar-refractivity contribution in [1.82, 2.24) is 4.57 Å². The van der Waals surface area contributed by atoms with Crippen molar-refractivity contribution in [2.24, 2.45) is 7.05 Å². The summed E-state index contributed by atoms with van der Waals surface area (Å²) in [5.74, 6) is 0.155. The van der Waals surface area contributed by atoms with Crippen molar-refractivity contribution in [3.05, 3.63) is 48.2 Å². The number of hydrogen-bond donors (Lipinski definition) is 0. The molecule has 0 radical (unpaired) electrons. The topological polar surface area (TPSA) is 22.0 Å². The van der Waals surface area contributed by atoms with Gasteiger partial charge in [-0.1, -0.05) is 48.6 Å². The maximum atomic E-state index is 11.8. The predicted octanol–water partition coefficient (Wildman–Crippen LogP) is 2.05. The Morgan fingerprint density at radius 2 is 1.72 bits per heavy atom. The monoisotopic (exact) mass is 257 g/mol. The lowest BCUT2D eigenvalue weighted by molar-refractivity contribution is 0.101. The Labute approximate surface area is 109 Å². The first-order chi connectivity index (χ1) is 8.44. The Hall–Kier alpha value is -1.61. The average Bonchev–Trinajstić information content (AvgIpc) is 2.73. The predicted molar refractivity (Wildman–Crippen MR) is 78.6 cm³/mol. The molecule has 0 aliphatic rings. The van der Waals surface area contributed by atoms with Crippen LogP contribution in [0.25, 0.3) is 0 Å². The summed E-state index contributed by atoms with van der Waals surface area (Å²) in [6.45, 7) is 6.24. The number of ketones is 1. The molecule has 18 heavy (non-hydrogen) atoms. The molecule has 1 heterocycles. The summed E-state index contributed by atoms with van der Waals surface area (Å²) in [4.78, 5) is 11.8. The Kier molecular flexibility index (Phi) is 3.26. The number of benzene rings is 1. The van der Waals surface area contributed by atoms with Crippen molar-refractivity contribution in [1.29, 1.82) is 0 Å². The molecule has 1 aromatic heterocycles. The zero-order valence-corrected chi connectivity index (χ0v) is 12.4. The van der Waals surface area contributed by atoms with Crippen LogP contribution in [-0.4, -0.2) is 18.4 Å². The highest BCUT2D eigenvalue weighted by Crippen LogP contribution is 2.10. The molecule has 0 fully saturated rings. The minimum absolute atomic E-state index is 0.155. The van der Waals surface area contributed by atoms with E-state index in [4.69, 9.17) is 0 Å². The summed E-state index contributed by atoms with van der Waals surface area (Å²) in [6.07, 6.45) is 1.99. The van der Waals surface area contributed by atoms with Gasteiger partial charge in [-0.2, -0.15) is 0 Å². The van der Waals surface area contributed by atoms with Gasteiger partial charge in [0.1, 0.15) is 8.07 Å². The van der Waals surface area contributed by atoms with Crippen molar-refractivity contribution in [2.75, 3.05) is 0 Å². The second-order valence-corrected chi connectivity index (χ2v) is 9.54. The van der Waals surface area contributed by atoms with Crippen LogP contribution in [0, 0.1) is 0 Å². The Bertz CT molecular complexity index is 569. The molecule has 2 rings (SSSR count). The normalized spacial score (nSPS) is 11.6. The molecule has 0 amide bonds. The lowest BCUT2D eigenvalue weighted by atomic mass is 10.2. The minimum atomic E-state index is -1.81. The van der Waals surface area contributed by atoms with Crippen LogP contribution in [0.1, 0.15) is 17.3 Å². The van der Waals surface area contributed by atoms with Crippen molar-refractivity contribution in [3.63, 3.8) is 0 Å². The number of carbonyl (C=O) groups is 1. The fourth-order valence-electron chi connectivity index (χ4n) is 2.58.